The zero-order valence-electron chi connectivity index (χ0n) is 12.3. The number of rotatable bonds is 5. The minimum atomic E-state index is -0.715. The molecule has 5 nitrogen and oxygen atoms in total. The van der Waals surface area contributed by atoms with Crippen LogP contribution < -0.4 is 10.6 Å². The van der Waals surface area contributed by atoms with Crippen LogP contribution >= 0.6 is 0 Å². The van der Waals surface area contributed by atoms with E-state index in [1.807, 2.05) is 6.92 Å². The standard InChI is InChI=1S/C15H26N2O3/c1-2-15(8-5-9-17-15)14(20)16-10-11-6-3-4-7-12(11)13(18)19/h11-12,17H,2-10H2,1H3,(H,16,20)(H,18,19). The molecule has 0 spiro atoms. The molecule has 0 aromatic rings. The number of hydrogen-bond acceptors (Lipinski definition) is 3. The third-order valence-corrected chi connectivity index (χ3v) is 5.03. The summed E-state index contributed by atoms with van der Waals surface area (Å²) >= 11 is 0. The molecule has 0 aromatic carbocycles. The van der Waals surface area contributed by atoms with Crippen LogP contribution in [0.5, 0.6) is 0 Å². The third kappa shape index (κ3) is 3.14. The first-order valence-electron chi connectivity index (χ1n) is 7.85. The fourth-order valence-corrected chi connectivity index (χ4v) is 3.63. The van der Waals surface area contributed by atoms with Crippen LogP contribution in [-0.4, -0.2) is 35.6 Å². The molecule has 1 saturated carbocycles. The Balaban J connectivity index is 1.90. The molecular weight excluding hydrogens is 256 g/mol. The van der Waals surface area contributed by atoms with E-state index in [-0.39, 0.29) is 17.7 Å². The van der Waals surface area contributed by atoms with Gasteiger partial charge < -0.3 is 15.7 Å². The van der Waals surface area contributed by atoms with Crippen molar-refractivity contribution in [2.75, 3.05) is 13.1 Å². The number of carboxylic acids is 1. The van der Waals surface area contributed by atoms with E-state index in [1.165, 1.54) is 0 Å². The first kappa shape index (κ1) is 15.3. The first-order chi connectivity index (χ1) is 9.59. The molecule has 3 N–H and O–H groups in total. The molecule has 2 aliphatic rings. The fraction of sp³-hybridized carbons (Fsp3) is 0.867. The Morgan fingerprint density at radius 3 is 2.65 bits per heavy atom. The highest BCUT2D eigenvalue weighted by Crippen LogP contribution is 2.30. The van der Waals surface area contributed by atoms with Crippen LogP contribution in [0.4, 0.5) is 0 Å². The number of amides is 1. The van der Waals surface area contributed by atoms with E-state index in [0.29, 0.717) is 6.54 Å². The van der Waals surface area contributed by atoms with Gasteiger partial charge in [0, 0.05) is 6.54 Å². The lowest BCUT2D eigenvalue weighted by atomic mass is 9.79. The number of carbonyl (C=O) groups is 2. The van der Waals surface area contributed by atoms with Crippen molar-refractivity contribution < 1.29 is 14.7 Å². The molecule has 3 atom stereocenters. The third-order valence-electron chi connectivity index (χ3n) is 5.03. The minimum Gasteiger partial charge on any atom is -0.481 e. The number of carbonyl (C=O) groups excluding carboxylic acids is 1. The molecular formula is C15H26N2O3. The SMILES string of the molecule is CCC1(C(=O)NCC2CCCCC2C(=O)O)CCCN1. The maximum absolute atomic E-state index is 12.4. The Labute approximate surface area is 120 Å². The molecule has 1 saturated heterocycles. The average molecular weight is 282 g/mol. The highest BCUT2D eigenvalue weighted by atomic mass is 16.4. The van der Waals surface area contributed by atoms with Gasteiger partial charge in [0.2, 0.25) is 5.91 Å². The van der Waals surface area contributed by atoms with E-state index in [0.717, 1.165) is 51.5 Å². The van der Waals surface area contributed by atoms with Crippen molar-refractivity contribution in [1.29, 1.82) is 0 Å². The second-order valence-corrected chi connectivity index (χ2v) is 6.17. The van der Waals surface area contributed by atoms with Crippen molar-refractivity contribution in [3.05, 3.63) is 0 Å². The predicted octanol–water partition coefficient (Wildman–Crippen LogP) is 1.53. The van der Waals surface area contributed by atoms with Crippen LogP contribution in [0.1, 0.15) is 51.9 Å². The molecule has 114 valence electrons. The monoisotopic (exact) mass is 282 g/mol. The zero-order chi connectivity index (χ0) is 14.6. The van der Waals surface area contributed by atoms with Gasteiger partial charge in [-0.05, 0) is 44.6 Å². The lowest BCUT2D eigenvalue weighted by Crippen LogP contribution is -2.54. The Kier molecular flexibility index (Phi) is 5.02. The molecule has 2 fully saturated rings. The van der Waals surface area contributed by atoms with Crippen molar-refractivity contribution in [3.8, 4) is 0 Å². The highest BCUT2D eigenvalue weighted by molar-refractivity contribution is 5.86. The number of carboxylic acid groups (broad SMARTS) is 1. The van der Waals surface area contributed by atoms with Gasteiger partial charge in [-0.2, -0.15) is 0 Å². The quantitative estimate of drug-likeness (QED) is 0.714. The second kappa shape index (κ2) is 6.57. The van der Waals surface area contributed by atoms with Gasteiger partial charge in [-0.1, -0.05) is 19.8 Å². The Hall–Kier alpha value is -1.10. The van der Waals surface area contributed by atoms with Crippen molar-refractivity contribution in [3.63, 3.8) is 0 Å². The smallest absolute Gasteiger partial charge is 0.306 e. The zero-order valence-corrected chi connectivity index (χ0v) is 12.3. The summed E-state index contributed by atoms with van der Waals surface area (Å²) in [5.74, 6) is -0.876. The van der Waals surface area contributed by atoms with E-state index in [9.17, 15) is 14.7 Å². The van der Waals surface area contributed by atoms with Crippen LogP contribution in [0.25, 0.3) is 0 Å². The fourth-order valence-electron chi connectivity index (χ4n) is 3.63. The summed E-state index contributed by atoms with van der Waals surface area (Å²) in [4.78, 5) is 23.7. The molecule has 1 aliphatic carbocycles. The lowest BCUT2D eigenvalue weighted by Gasteiger charge is -2.31. The Morgan fingerprint density at radius 2 is 2.05 bits per heavy atom. The van der Waals surface area contributed by atoms with E-state index in [4.69, 9.17) is 0 Å². The van der Waals surface area contributed by atoms with E-state index in [2.05, 4.69) is 10.6 Å². The van der Waals surface area contributed by atoms with Crippen molar-refractivity contribution in [2.24, 2.45) is 11.8 Å². The van der Waals surface area contributed by atoms with Crippen LogP contribution in [0.3, 0.4) is 0 Å². The van der Waals surface area contributed by atoms with Crippen molar-refractivity contribution >= 4 is 11.9 Å². The number of hydrogen-bond donors (Lipinski definition) is 3. The molecule has 0 aromatic heterocycles. The summed E-state index contributed by atoms with van der Waals surface area (Å²) in [5.41, 5.74) is -0.423. The summed E-state index contributed by atoms with van der Waals surface area (Å²) in [5, 5.41) is 15.6. The van der Waals surface area contributed by atoms with Gasteiger partial charge in [0.15, 0.2) is 0 Å². The van der Waals surface area contributed by atoms with Crippen LogP contribution in [0.15, 0.2) is 0 Å². The van der Waals surface area contributed by atoms with Gasteiger partial charge in [0.1, 0.15) is 0 Å². The second-order valence-electron chi connectivity index (χ2n) is 6.17. The number of aliphatic carboxylic acids is 1. The van der Waals surface area contributed by atoms with Crippen molar-refractivity contribution in [2.45, 2.75) is 57.4 Å². The van der Waals surface area contributed by atoms with Crippen LogP contribution in [0.2, 0.25) is 0 Å². The summed E-state index contributed by atoms with van der Waals surface area (Å²) in [6.07, 6.45) is 6.40. The van der Waals surface area contributed by atoms with E-state index < -0.39 is 11.5 Å². The van der Waals surface area contributed by atoms with E-state index >= 15 is 0 Å². The average Bonchev–Trinajstić information content (AvgIpc) is 2.95. The van der Waals surface area contributed by atoms with Crippen molar-refractivity contribution in [1.82, 2.24) is 10.6 Å². The molecule has 1 heterocycles. The lowest BCUT2D eigenvalue weighted by molar-refractivity contribution is -0.145. The molecule has 20 heavy (non-hydrogen) atoms. The number of nitrogens with one attached hydrogen (secondary N) is 2. The maximum atomic E-state index is 12.4. The highest BCUT2D eigenvalue weighted by Gasteiger charge is 2.39. The normalized spacial score (nSPS) is 33.9. The van der Waals surface area contributed by atoms with E-state index in [1.54, 1.807) is 0 Å². The Bertz CT molecular complexity index is 364. The molecule has 5 heteroatoms. The molecule has 0 radical (unpaired) electrons. The largest absolute Gasteiger partial charge is 0.481 e. The molecule has 2 rings (SSSR count). The summed E-state index contributed by atoms with van der Waals surface area (Å²) in [7, 11) is 0. The maximum Gasteiger partial charge on any atom is 0.306 e. The molecule has 0 bridgehead atoms. The van der Waals surface area contributed by atoms with Gasteiger partial charge in [-0.3, -0.25) is 9.59 Å². The molecule has 1 amide bonds. The van der Waals surface area contributed by atoms with Gasteiger partial charge in [-0.25, -0.2) is 0 Å². The van der Waals surface area contributed by atoms with Crippen LogP contribution in [0, 0.1) is 11.8 Å². The molecule has 3 unspecified atom stereocenters. The predicted molar refractivity (Wildman–Crippen MR) is 76.4 cm³/mol. The Morgan fingerprint density at radius 1 is 1.30 bits per heavy atom. The van der Waals surface area contributed by atoms with Gasteiger partial charge >= 0.3 is 5.97 Å². The minimum absolute atomic E-state index is 0.0483. The van der Waals surface area contributed by atoms with Gasteiger partial charge in [-0.15, -0.1) is 0 Å². The topological polar surface area (TPSA) is 78.4 Å². The summed E-state index contributed by atoms with van der Waals surface area (Å²) in [6.45, 7) is 3.42. The first-order valence-corrected chi connectivity index (χ1v) is 7.85. The summed E-state index contributed by atoms with van der Waals surface area (Å²) in [6, 6.07) is 0. The van der Waals surface area contributed by atoms with Crippen LogP contribution in [-0.2, 0) is 9.59 Å². The van der Waals surface area contributed by atoms with Gasteiger partial charge in [0.25, 0.3) is 0 Å². The molecule has 1 aliphatic heterocycles. The van der Waals surface area contributed by atoms with Gasteiger partial charge in [0.05, 0.1) is 11.5 Å². The summed E-state index contributed by atoms with van der Waals surface area (Å²) < 4.78 is 0.